The highest BCUT2D eigenvalue weighted by molar-refractivity contribution is 5.91. The zero-order valence-electron chi connectivity index (χ0n) is 19.9. The maximum Gasteiger partial charge on any atom is 0.320 e. The number of unbranched alkanes of at least 4 members (excludes halogenated alkanes) is 1. The van der Waals surface area contributed by atoms with Crippen LogP contribution in [0.3, 0.4) is 0 Å². The number of fused-ring (bicyclic) bond motifs is 1. The summed E-state index contributed by atoms with van der Waals surface area (Å²) in [6.45, 7) is 0.677. The molecule has 0 aromatic heterocycles. The fourth-order valence-electron chi connectivity index (χ4n) is 4.76. The highest BCUT2D eigenvalue weighted by atomic mass is 16.4. The molecule has 8 heteroatoms. The molecule has 3 rings (SSSR count). The van der Waals surface area contributed by atoms with Crippen LogP contribution in [-0.4, -0.2) is 64.6 Å². The first-order valence-electron chi connectivity index (χ1n) is 12.2. The Kier molecular flexibility index (Phi) is 9.96. The van der Waals surface area contributed by atoms with E-state index >= 15 is 0 Å². The number of nitrogens with one attached hydrogen (secondary N) is 1. The lowest BCUT2D eigenvalue weighted by Gasteiger charge is -2.37. The third-order valence-corrected chi connectivity index (χ3v) is 6.55. The van der Waals surface area contributed by atoms with Crippen LogP contribution in [-0.2, 0) is 27.2 Å². The van der Waals surface area contributed by atoms with Crippen molar-refractivity contribution in [2.45, 2.75) is 56.7 Å². The number of nitrogens with two attached hydrogens (primary N) is 1. The number of hydrogen-bond acceptors (Lipinski definition) is 6. The van der Waals surface area contributed by atoms with Crippen molar-refractivity contribution in [2.75, 3.05) is 19.6 Å². The van der Waals surface area contributed by atoms with E-state index in [1.807, 2.05) is 54.6 Å². The van der Waals surface area contributed by atoms with Crippen LogP contribution in [0.1, 0.15) is 48.4 Å². The smallest absolute Gasteiger partial charge is 0.320 e. The predicted molar refractivity (Wildman–Crippen MR) is 133 cm³/mol. The predicted octanol–water partition coefficient (Wildman–Crippen LogP) is 2.41. The lowest BCUT2D eigenvalue weighted by Crippen LogP contribution is -2.52. The van der Waals surface area contributed by atoms with Gasteiger partial charge in [-0.2, -0.15) is 0 Å². The van der Waals surface area contributed by atoms with Gasteiger partial charge in [0, 0.05) is 6.54 Å². The maximum absolute atomic E-state index is 14.0. The molecule has 2 aromatic carbocycles. The van der Waals surface area contributed by atoms with E-state index < -0.39 is 30.1 Å². The molecule has 0 saturated heterocycles. The molecular formula is C27H35N3O5. The van der Waals surface area contributed by atoms with Gasteiger partial charge in [-0.05, 0) is 55.3 Å². The van der Waals surface area contributed by atoms with Gasteiger partial charge in [-0.1, -0.05) is 61.0 Å². The molecule has 5 N–H and O–H groups in total. The molecule has 0 unspecified atom stereocenters. The van der Waals surface area contributed by atoms with E-state index in [1.165, 1.54) is 0 Å². The minimum Gasteiger partial charge on any atom is -0.480 e. The molecule has 1 aliphatic heterocycles. The van der Waals surface area contributed by atoms with Crippen LogP contribution in [0.15, 0.2) is 54.6 Å². The van der Waals surface area contributed by atoms with Crippen molar-refractivity contribution in [2.24, 2.45) is 5.73 Å². The van der Waals surface area contributed by atoms with Crippen molar-refractivity contribution in [3.05, 3.63) is 71.3 Å². The van der Waals surface area contributed by atoms with Gasteiger partial charge in [-0.25, -0.2) is 0 Å². The van der Waals surface area contributed by atoms with Gasteiger partial charge in [0.2, 0.25) is 0 Å². The number of Topliss-reactive ketones (excluding diaryl/α,β-unsaturated/α-hetero) is 1. The molecule has 0 radical (unpaired) electrons. The molecule has 2 aromatic rings. The molecule has 0 amide bonds. The van der Waals surface area contributed by atoms with Gasteiger partial charge < -0.3 is 15.9 Å². The summed E-state index contributed by atoms with van der Waals surface area (Å²) >= 11 is 0. The van der Waals surface area contributed by atoms with Crippen LogP contribution < -0.4 is 11.1 Å². The SMILES string of the molecule is NCCCC[C@H](N[C@@H](CCc1ccccc1)C(=O)O)C(=O)[C@@H]1c2ccccc2CCN1CC(=O)O. The number of carbonyl (C=O) groups excluding carboxylic acids is 1. The highest BCUT2D eigenvalue weighted by Crippen LogP contribution is 2.32. The number of aliphatic carboxylic acids is 2. The molecule has 1 aliphatic rings. The maximum atomic E-state index is 14.0. The van der Waals surface area contributed by atoms with Gasteiger partial charge in [0.15, 0.2) is 5.78 Å². The Bertz CT molecular complexity index is 997. The van der Waals surface area contributed by atoms with E-state index in [0.29, 0.717) is 51.6 Å². The third kappa shape index (κ3) is 7.45. The van der Waals surface area contributed by atoms with Crippen molar-refractivity contribution in [3.8, 4) is 0 Å². The Morgan fingerprint density at radius 1 is 0.971 bits per heavy atom. The Hall–Kier alpha value is -3.07. The van der Waals surface area contributed by atoms with Crippen LogP contribution in [0, 0.1) is 0 Å². The molecular weight excluding hydrogens is 446 g/mol. The molecule has 188 valence electrons. The molecule has 0 bridgehead atoms. The molecule has 0 saturated carbocycles. The number of carboxylic acid groups (broad SMARTS) is 2. The van der Waals surface area contributed by atoms with Crippen molar-refractivity contribution < 1.29 is 24.6 Å². The van der Waals surface area contributed by atoms with E-state index in [0.717, 1.165) is 16.7 Å². The summed E-state index contributed by atoms with van der Waals surface area (Å²) in [6.07, 6.45) is 3.37. The molecule has 35 heavy (non-hydrogen) atoms. The van der Waals surface area contributed by atoms with Crippen LogP contribution in [0.4, 0.5) is 0 Å². The lowest BCUT2D eigenvalue weighted by molar-refractivity contribution is -0.140. The quantitative estimate of drug-likeness (QED) is 0.302. The van der Waals surface area contributed by atoms with Gasteiger partial charge in [0.25, 0.3) is 0 Å². The van der Waals surface area contributed by atoms with E-state index in [4.69, 9.17) is 5.73 Å². The number of ketones is 1. The third-order valence-electron chi connectivity index (χ3n) is 6.55. The number of nitrogens with zero attached hydrogens (tertiary/aromatic N) is 1. The minimum atomic E-state index is -1.01. The molecule has 8 nitrogen and oxygen atoms in total. The summed E-state index contributed by atoms with van der Waals surface area (Å²) in [4.78, 5) is 39.3. The normalized spacial score (nSPS) is 17.3. The van der Waals surface area contributed by atoms with Crippen LogP contribution in [0.5, 0.6) is 0 Å². The van der Waals surface area contributed by atoms with E-state index in [1.54, 1.807) is 4.90 Å². The zero-order chi connectivity index (χ0) is 25.2. The second kappa shape index (κ2) is 13.1. The monoisotopic (exact) mass is 481 g/mol. The van der Waals surface area contributed by atoms with Crippen LogP contribution in [0.2, 0.25) is 0 Å². The van der Waals surface area contributed by atoms with Gasteiger partial charge in [0.1, 0.15) is 6.04 Å². The molecule has 1 heterocycles. The van der Waals surface area contributed by atoms with Crippen molar-refractivity contribution in [1.29, 1.82) is 0 Å². The summed E-state index contributed by atoms with van der Waals surface area (Å²) in [5, 5.41) is 22.5. The van der Waals surface area contributed by atoms with Gasteiger partial charge in [0.05, 0.1) is 18.6 Å². The Labute approximate surface area is 206 Å². The molecule has 0 fully saturated rings. The molecule has 0 spiro atoms. The summed E-state index contributed by atoms with van der Waals surface area (Å²) in [6, 6.07) is 14.8. The second-order valence-corrected chi connectivity index (χ2v) is 9.04. The first-order valence-corrected chi connectivity index (χ1v) is 12.2. The van der Waals surface area contributed by atoms with Crippen LogP contribution in [0.25, 0.3) is 0 Å². The van der Waals surface area contributed by atoms with E-state index in [-0.39, 0.29) is 12.3 Å². The second-order valence-electron chi connectivity index (χ2n) is 9.04. The van der Waals surface area contributed by atoms with Gasteiger partial charge in [-0.15, -0.1) is 0 Å². The number of carbonyl (C=O) groups is 3. The molecule has 0 aliphatic carbocycles. The summed E-state index contributed by atoms with van der Waals surface area (Å²) in [5.41, 5.74) is 8.51. The van der Waals surface area contributed by atoms with Gasteiger partial charge in [-0.3, -0.25) is 24.6 Å². The first-order chi connectivity index (χ1) is 16.9. The van der Waals surface area contributed by atoms with E-state index in [9.17, 15) is 24.6 Å². The van der Waals surface area contributed by atoms with Gasteiger partial charge >= 0.3 is 11.9 Å². The van der Waals surface area contributed by atoms with E-state index in [2.05, 4.69) is 5.32 Å². The minimum absolute atomic E-state index is 0.193. The standard InChI is InChI=1S/C27H35N3O5/c28-16-7-6-12-22(29-23(27(34)35)14-13-19-8-2-1-3-9-19)26(33)25-21-11-5-4-10-20(21)15-17-30(25)18-24(31)32/h1-5,8-11,22-23,25,29H,6-7,12-18,28H2,(H,31,32)(H,34,35)/t22-,23-,25-/m0/s1. The first kappa shape index (κ1) is 26.5. The summed E-state index contributed by atoms with van der Waals surface area (Å²) in [7, 11) is 0. The lowest BCUT2D eigenvalue weighted by atomic mass is 9.86. The number of aryl methyl sites for hydroxylation is 1. The fraction of sp³-hybridized carbons (Fsp3) is 0.444. The molecule has 3 atom stereocenters. The number of benzene rings is 2. The summed E-state index contributed by atoms with van der Waals surface area (Å²) < 4.78 is 0. The summed E-state index contributed by atoms with van der Waals surface area (Å²) in [5.74, 6) is -2.20. The topological polar surface area (TPSA) is 133 Å². The average Bonchev–Trinajstić information content (AvgIpc) is 2.85. The number of carboxylic acids is 2. The Balaban J connectivity index is 1.85. The number of hydrogen-bond donors (Lipinski definition) is 4. The zero-order valence-corrected chi connectivity index (χ0v) is 19.9. The average molecular weight is 482 g/mol. The van der Waals surface area contributed by atoms with Crippen molar-refractivity contribution in [1.82, 2.24) is 10.2 Å². The highest BCUT2D eigenvalue weighted by Gasteiger charge is 2.38. The fourth-order valence-corrected chi connectivity index (χ4v) is 4.76. The van der Waals surface area contributed by atoms with Crippen molar-refractivity contribution >= 4 is 17.7 Å². The largest absolute Gasteiger partial charge is 0.480 e. The van der Waals surface area contributed by atoms with Crippen molar-refractivity contribution in [3.63, 3.8) is 0 Å². The van der Waals surface area contributed by atoms with Crippen LogP contribution >= 0.6 is 0 Å². The Morgan fingerprint density at radius 2 is 1.69 bits per heavy atom. The number of rotatable bonds is 14. The Morgan fingerprint density at radius 3 is 2.37 bits per heavy atom.